The van der Waals surface area contributed by atoms with Gasteiger partial charge in [0.2, 0.25) is 0 Å². The van der Waals surface area contributed by atoms with Crippen LogP contribution in [0.25, 0.3) is 0 Å². The molecule has 0 N–H and O–H groups in total. The summed E-state index contributed by atoms with van der Waals surface area (Å²) in [6.45, 7) is 0. The van der Waals surface area contributed by atoms with Crippen molar-refractivity contribution in [3.05, 3.63) is 143 Å². The Hall–Kier alpha value is -4.15. The van der Waals surface area contributed by atoms with E-state index in [2.05, 4.69) is 31.1 Å². The van der Waals surface area contributed by atoms with E-state index < -0.39 is 40.2 Å². The first-order valence-electron chi connectivity index (χ1n) is 15.1. The Morgan fingerprint density at radius 2 is 0.979 bits per heavy atom. The molecule has 11 heteroatoms. The summed E-state index contributed by atoms with van der Waals surface area (Å²) in [5.74, 6) is -0.406. The minimum atomic E-state index is -4.50. The fourth-order valence-corrected chi connectivity index (χ4v) is 6.54. The van der Waals surface area contributed by atoms with Crippen LogP contribution in [0.4, 0.5) is 26.3 Å². The van der Waals surface area contributed by atoms with Crippen molar-refractivity contribution in [3.8, 4) is 0 Å². The van der Waals surface area contributed by atoms with Crippen LogP contribution in [-0.4, -0.2) is 42.1 Å². The zero-order valence-corrected chi connectivity index (χ0v) is 27.3. The molecule has 0 heterocycles. The second-order valence-corrected chi connectivity index (χ2v) is 12.3. The molecular formula is C37H35ClF6N2O2. The average molecular weight is 689 g/mol. The van der Waals surface area contributed by atoms with Gasteiger partial charge in [0, 0.05) is 23.7 Å². The van der Waals surface area contributed by atoms with Gasteiger partial charge in [0.1, 0.15) is 0 Å². The van der Waals surface area contributed by atoms with Crippen molar-refractivity contribution in [2.24, 2.45) is 0 Å². The Kier molecular flexibility index (Phi) is 11.1. The fourth-order valence-electron chi connectivity index (χ4n) is 6.42. The Labute approximate surface area is 280 Å². The minimum absolute atomic E-state index is 0.0464. The molecule has 1 saturated carbocycles. The topological polar surface area (TPSA) is 40.6 Å². The third-order valence-electron chi connectivity index (χ3n) is 9.18. The van der Waals surface area contributed by atoms with Gasteiger partial charge in [0.25, 0.3) is 11.1 Å². The second kappa shape index (κ2) is 14.5. The maximum atomic E-state index is 13.6. The highest BCUT2D eigenvalue weighted by Crippen LogP contribution is 2.51. The van der Waals surface area contributed by atoms with Gasteiger partial charge in [-0.05, 0) is 92.8 Å². The highest BCUT2D eigenvalue weighted by molar-refractivity contribution is 6.67. The van der Waals surface area contributed by atoms with Gasteiger partial charge in [-0.2, -0.15) is 26.3 Å². The lowest BCUT2D eigenvalue weighted by Crippen LogP contribution is -2.54. The molecule has 254 valence electrons. The molecule has 4 nitrogen and oxygen atoms in total. The quantitative estimate of drug-likeness (QED) is 0.150. The molecule has 5 rings (SSSR count). The maximum Gasteiger partial charge on any atom is 0.416 e. The molecule has 4 aromatic rings. The summed E-state index contributed by atoms with van der Waals surface area (Å²) in [6.07, 6.45) is -5.96. The van der Waals surface area contributed by atoms with Crippen molar-refractivity contribution in [2.45, 2.75) is 49.1 Å². The molecule has 48 heavy (non-hydrogen) atoms. The van der Waals surface area contributed by atoms with Crippen LogP contribution >= 0.6 is 11.6 Å². The predicted octanol–water partition coefficient (Wildman–Crippen LogP) is 9.79. The van der Waals surface area contributed by atoms with Gasteiger partial charge in [-0.1, -0.05) is 78.9 Å². The SMILES string of the molecule is CN(C)C1(c2ccccc2)CCC(c2ccccc2)(N(C)C(=O)c2cccc(C(F)(F)F)c2)CC1.O=C(Cl)c1cccc(C(F)(F)F)c1. The van der Waals surface area contributed by atoms with Crippen molar-refractivity contribution in [1.29, 1.82) is 0 Å². The maximum absolute atomic E-state index is 13.6. The van der Waals surface area contributed by atoms with Crippen molar-refractivity contribution >= 4 is 22.8 Å². The molecule has 0 spiro atoms. The summed E-state index contributed by atoms with van der Waals surface area (Å²) in [5, 5.41) is -0.897. The molecule has 0 bridgehead atoms. The molecule has 0 radical (unpaired) electrons. The number of alkyl halides is 6. The summed E-state index contributed by atoms with van der Waals surface area (Å²) in [7, 11) is 5.89. The van der Waals surface area contributed by atoms with E-state index in [1.54, 1.807) is 11.9 Å². The number of carbonyl (C=O) groups is 2. The Morgan fingerprint density at radius 3 is 1.40 bits per heavy atom. The first-order chi connectivity index (χ1) is 22.5. The highest BCUT2D eigenvalue weighted by Gasteiger charge is 2.49. The molecular weight excluding hydrogens is 654 g/mol. The predicted molar refractivity (Wildman–Crippen MR) is 174 cm³/mol. The van der Waals surface area contributed by atoms with Gasteiger partial charge >= 0.3 is 12.4 Å². The van der Waals surface area contributed by atoms with E-state index >= 15 is 0 Å². The van der Waals surface area contributed by atoms with Crippen molar-refractivity contribution in [3.63, 3.8) is 0 Å². The van der Waals surface area contributed by atoms with Crippen molar-refractivity contribution in [1.82, 2.24) is 9.80 Å². The van der Waals surface area contributed by atoms with Gasteiger partial charge in [-0.15, -0.1) is 0 Å². The number of carbonyl (C=O) groups excluding carboxylic acids is 2. The molecule has 0 saturated heterocycles. The molecule has 1 aliphatic rings. The lowest BCUT2D eigenvalue weighted by Gasteiger charge is -2.53. The number of halogens is 7. The standard InChI is InChI=1S/C29H31F3N2O.C8H4ClF3O/c1-33(2)27(23-12-6-4-7-13-23)17-19-28(20-18-27,24-14-8-5-9-15-24)34(3)26(35)22-11-10-16-25(21-22)29(30,31)32;9-7(13)5-2-1-3-6(4-5)8(10,11)12/h4-16,21H,17-20H2,1-3H3;1-4H. The molecule has 0 atom stereocenters. The van der Waals surface area contributed by atoms with Crippen LogP contribution in [0.15, 0.2) is 109 Å². The number of hydrogen-bond donors (Lipinski definition) is 0. The fraction of sp³-hybridized carbons (Fsp3) is 0.297. The highest BCUT2D eigenvalue weighted by atomic mass is 35.5. The number of benzene rings is 4. The van der Waals surface area contributed by atoms with E-state index in [1.165, 1.54) is 23.8 Å². The van der Waals surface area contributed by atoms with E-state index in [1.807, 2.05) is 48.5 Å². The Balaban J connectivity index is 0.000000336. The first kappa shape index (κ1) is 36.7. The third-order valence-corrected chi connectivity index (χ3v) is 9.40. The van der Waals surface area contributed by atoms with E-state index in [0.717, 1.165) is 48.7 Å². The van der Waals surface area contributed by atoms with Gasteiger partial charge in [-0.3, -0.25) is 14.5 Å². The zero-order valence-electron chi connectivity index (χ0n) is 26.6. The Morgan fingerprint density at radius 1 is 0.583 bits per heavy atom. The molecule has 0 unspecified atom stereocenters. The van der Waals surface area contributed by atoms with Crippen LogP contribution in [-0.2, 0) is 23.4 Å². The molecule has 0 aromatic heterocycles. The van der Waals surface area contributed by atoms with Crippen LogP contribution < -0.4 is 0 Å². The largest absolute Gasteiger partial charge is 0.416 e. The number of amides is 1. The summed E-state index contributed by atoms with van der Waals surface area (Å²) in [4.78, 5) is 28.1. The number of nitrogens with zero attached hydrogens (tertiary/aromatic N) is 2. The number of rotatable bonds is 6. The number of hydrogen-bond acceptors (Lipinski definition) is 3. The zero-order chi connectivity index (χ0) is 35.3. The van der Waals surface area contributed by atoms with E-state index in [9.17, 15) is 35.9 Å². The van der Waals surface area contributed by atoms with Crippen LogP contribution in [0.2, 0.25) is 0 Å². The monoisotopic (exact) mass is 688 g/mol. The first-order valence-corrected chi connectivity index (χ1v) is 15.5. The Bertz CT molecular complexity index is 1700. The lowest BCUT2D eigenvalue weighted by molar-refractivity contribution is -0.138. The van der Waals surface area contributed by atoms with Crippen LogP contribution in [0.5, 0.6) is 0 Å². The van der Waals surface area contributed by atoms with Crippen molar-refractivity contribution in [2.75, 3.05) is 21.1 Å². The molecule has 4 aromatic carbocycles. The van der Waals surface area contributed by atoms with Crippen molar-refractivity contribution < 1.29 is 35.9 Å². The summed E-state index contributed by atoms with van der Waals surface area (Å²) in [6, 6.07) is 28.9. The van der Waals surface area contributed by atoms with E-state index in [-0.39, 0.29) is 16.7 Å². The van der Waals surface area contributed by atoms with Crippen LogP contribution in [0.3, 0.4) is 0 Å². The van der Waals surface area contributed by atoms with Gasteiger partial charge in [0.15, 0.2) is 0 Å². The van der Waals surface area contributed by atoms with Gasteiger partial charge in [-0.25, -0.2) is 0 Å². The summed E-state index contributed by atoms with van der Waals surface area (Å²) < 4.78 is 76.2. The minimum Gasteiger partial charge on any atom is -0.332 e. The summed E-state index contributed by atoms with van der Waals surface area (Å²) in [5.41, 5.74) is -0.368. The lowest BCUT2D eigenvalue weighted by atomic mass is 9.65. The molecule has 1 amide bonds. The molecule has 0 aliphatic heterocycles. The average Bonchev–Trinajstić information content (AvgIpc) is 3.08. The van der Waals surface area contributed by atoms with E-state index in [0.29, 0.717) is 12.8 Å². The van der Waals surface area contributed by atoms with Gasteiger partial charge in [0.05, 0.1) is 16.7 Å². The second-order valence-electron chi connectivity index (χ2n) is 12.0. The third kappa shape index (κ3) is 7.93. The normalized spacial score (nSPS) is 19.6. The molecule has 1 aliphatic carbocycles. The summed E-state index contributed by atoms with van der Waals surface area (Å²) >= 11 is 5.02. The van der Waals surface area contributed by atoms with Gasteiger partial charge < -0.3 is 4.90 Å². The molecule has 1 fully saturated rings. The van der Waals surface area contributed by atoms with Crippen LogP contribution in [0.1, 0.15) is 68.7 Å². The smallest absolute Gasteiger partial charge is 0.332 e. The van der Waals surface area contributed by atoms with Crippen LogP contribution in [0, 0.1) is 0 Å². The van der Waals surface area contributed by atoms with E-state index in [4.69, 9.17) is 11.6 Å².